The third-order valence-corrected chi connectivity index (χ3v) is 6.42. The van der Waals surface area contributed by atoms with Crippen molar-refractivity contribution in [2.75, 3.05) is 6.54 Å². The van der Waals surface area contributed by atoms with Crippen molar-refractivity contribution in [3.63, 3.8) is 0 Å². The zero-order valence-electron chi connectivity index (χ0n) is 24.0. The summed E-state index contributed by atoms with van der Waals surface area (Å²) in [5.74, 6) is 0.335. The van der Waals surface area contributed by atoms with E-state index in [0.29, 0.717) is 59.3 Å². The van der Waals surface area contributed by atoms with Crippen LogP contribution in [0.1, 0.15) is 40.3 Å². The average molecular weight is 561 g/mol. The number of carbonyl (C=O) groups is 1. The summed E-state index contributed by atoms with van der Waals surface area (Å²) in [5, 5.41) is 4.83. The molecule has 0 radical (unpaired) electrons. The molecule has 0 saturated carbocycles. The first-order chi connectivity index (χ1) is 19.4. The fourth-order valence-corrected chi connectivity index (χ4v) is 4.57. The molecule has 41 heavy (non-hydrogen) atoms. The van der Waals surface area contributed by atoms with Crippen LogP contribution in [0.5, 0.6) is 5.75 Å². The van der Waals surface area contributed by atoms with Gasteiger partial charge in [0.25, 0.3) is 0 Å². The van der Waals surface area contributed by atoms with Crippen molar-refractivity contribution in [1.29, 1.82) is 0 Å². The third-order valence-electron chi connectivity index (χ3n) is 6.42. The fourth-order valence-electron chi connectivity index (χ4n) is 4.57. The Bertz CT molecular complexity index is 1670. The Morgan fingerprint density at radius 2 is 1.85 bits per heavy atom. The Labute approximate surface area is 237 Å². The first-order valence-corrected chi connectivity index (χ1v) is 13.4. The number of aromatic nitrogens is 5. The molecule has 10 nitrogen and oxygen atoms in total. The summed E-state index contributed by atoms with van der Waals surface area (Å²) >= 11 is 0. The highest BCUT2D eigenvalue weighted by atomic mass is 19.1. The number of hydrogen-bond donors (Lipinski definition) is 0. The van der Waals surface area contributed by atoms with Gasteiger partial charge in [0.15, 0.2) is 5.82 Å². The van der Waals surface area contributed by atoms with E-state index < -0.39 is 11.4 Å². The lowest BCUT2D eigenvalue weighted by molar-refractivity contribution is 0.0194. The van der Waals surface area contributed by atoms with Gasteiger partial charge in [-0.3, -0.25) is 9.48 Å². The summed E-state index contributed by atoms with van der Waals surface area (Å²) in [6.45, 7) is 10.5. The number of ether oxygens (including phenoxy) is 2. The Hall–Kier alpha value is -4.54. The second kappa shape index (κ2) is 10.8. The average Bonchev–Trinajstić information content (AvgIpc) is 3.32. The molecule has 0 unspecified atom stereocenters. The molecule has 0 fully saturated rings. The van der Waals surface area contributed by atoms with E-state index in [2.05, 4.69) is 4.98 Å². The van der Waals surface area contributed by atoms with Crippen molar-refractivity contribution < 1.29 is 18.7 Å². The number of aryl methyl sites for hydroxylation is 1. The number of fused-ring (bicyclic) bond motifs is 1. The Balaban J connectivity index is 1.61. The van der Waals surface area contributed by atoms with Crippen LogP contribution in [0.4, 0.5) is 9.18 Å². The molecule has 214 valence electrons. The maximum Gasteiger partial charge on any atom is 0.410 e. The number of halogens is 1. The maximum absolute atomic E-state index is 14.3. The van der Waals surface area contributed by atoms with Gasteiger partial charge >= 0.3 is 6.09 Å². The van der Waals surface area contributed by atoms with E-state index in [0.717, 1.165) is 5.69 Å². The molecular weight excluding hydrogens is 527 g/mol. The number of carbonyl (C=O) groups excluding carboxylic acids is 1. The number of pyridine rings is 1. The fraction of sp³-hybridized carbons (Fsp3) is 0.367. The molecule has 0 N–H and O–H groups in total. The predicted octanol–water partition coefficient (Wildman–Crippen LogP) is 5.05. The lowest BCUT2D eigenvalue weighted by atomic mass is 10.0. The molecule has 3 aromatic heterocycles. The van der Waals surface area contributed by atoms with Crippen LogP contribution < -0.4 is 10.3 Å². The highest BCUT2D eigenvalue weighted by Gasteiger charge is 2.28. The van der Waals surface area contributed by atoms with Gasteiger partial charge in [0.05, 0.1) is 24.9 Å². The summed E-state index contributed by atoms with van der Waals surface area (Å²) in [7, 11) is 1.66. The predicted molar refractivity (Wildman–Crippen MR) is 152 cm³/mol. The number of benzene rings is 1. The summed E-state index contributed by atoms with van der Waals surface area (Å²) in [5.41, 5.74) is 3.02. The van der Waals surface area contributed by atoms with Gasteiger partial charge in [-0.25, -0.2) is 19.2 Å². The molecule has 0 atom stereocenters. The Morgan fingerprint density at radius 3 is 2.56 bits per heavy atom. The summed E-state index contributed by atoms with van der Waals surface area (Å²) in [6.07, 6.45) is 2.76. The monoisotopic (exact) mass is 560 g/mol. The van der Waals surface area contributed by atoms with E-state index in [1.165, 1.54) is 22.8 Å². The summed E-state index contributed by atoms with van der Waals surface area (Å²) < 4.78 is 29.1. The second-order valence-corrected chi connectivity index (χ2v) is 11.3. The molecule has 11 heteroatoms. The number of rotatable bonds is 5. The van der Waals surface area contributed by atoms with Gasteiger partial charge in [-0.15, -0.1) is 0 Å². The number of nitrogens with zero attached hydrogens (tertiary/aromatic N) is 6. The van der Waals surface area contributed by atoms with Crippen molar-refractivity contribution in [3.05, 3.63) is 70.7 Å². The van der Waals surface area contributed by atoms with Crippen molar-refractivity contribution in [1.82, 2.24) is 29.2 Å². The smallest absolute Gasteiger partial charge is 0.410 e. The van der Waals surface area contributed by atoms with Crippen LogP contribution in [-0.2, 0) is 24.9 Å². The minimum absolute atomic E-state index is 0.149. The summed E-state index contributed by atoms with van der Waals surface area (Å²) in [4.78, 5) is 35.8. The SMILES string of the molecule is CC(C)Oc1cc(F)ccc1-c1cnc(-c2ccc(=O)n(C)c2)nc1-c1cc2n(n1)CCN(C(=O)OC(C)(C)C)C2. The van der Waals surface area contributed by atoms with Crippen LogP contribution in [0, 0.1) is 5.82 Å². The van der Waals surface area contributed by atoms with Crippen molar-refractivity contribution in [3.8, 4) is 39.7 Å². The minimum atomic E-state index is -0.599. The molecule has 0 aliphatic carbocycles. The van der Waals surface area contributed by atoms with Crippen LogP contribution in [0.2, 0.25) is 0 Å². The largest absolute Gasteiger partial charge is 0.490 e. The van der Waals surface area contributed by atoms with Gasteiger partial charge in [0, 0.05) is 54.8 Å². The van der Waals surface area contributed by atoms with Crippen molar-refractivity contribution >= 4 is 6.09 Å². The number of amides is 1. The van der Waals surface area contributed by atoms with Gasteiger partial charge < -0.3 is 18.9 Å². The highest BCUT2D eigenvalue weighted by molar-refractivity contribution is 5.83. The highest BCUT2D eigenvalue weighted by Crippen LogP contribution is 2.38. The lowest BCUT2D eigenvalue weighted by Gasteiger charge is -2.30. The van der Waals surface area contributed by atoms with E-state index in [4.69, 9.17) is 19.6 Å². The van der Waals surface area contributed by atoms with E-state index in [9.17, 15) is 14.0 Å². The molecule has 5 rings (SSSR count). The van der Waals surface area contributed by atoms with Crippen molar-refractivity contribution in [2.45, 2.75) is 59.4 Å². The Kier molecular flexibility index (Phi) is 7.37. The molecule has 0 saturated heterocycles. The molecule has 1 aliphatic rings. The van der Waals surface area contributed by atoms with Gasteiger partial charge in [0.1, 0.15) is 28.6 Å². The van der Waals surface area contributed by atoms with E-state index >= 15 is 0 Å². The molecule has 4 heterocycles. The maximum atomic E-state index is 14.3. The lowest BCUT2D eigenvalue weighted by Crippen LogP contribution is -2.41. The van der Waals surface area contributed by atoms with Crippen LogP contribution in [0.3, 0.4) is 0 Å². The van der Waals surface area contributed by atoms with Gasteiger partial charge in [-0.2, -0.15) is 5.10 Å². The van der Waals surface area contributed by atoms with E-state index in [1.54, 1.807) is 36.5 Å². The van der Waals surface area contributed by atoms with Gasteiger partial charge in [0.2, 0.25) is 5.56 Å². The quantitative estimate of drug-likeness (QED) is 0.336. The molecular formula is C30H33FN6O4. The van der Waals surface area contributed by atoms with Gasteiger partial charge in [-0.05, 0) is 58.9 Å². The molecule has 1 aromatic carbocycles. The molecule has 1 aliphatic heterocycles. The van der Waals surface area contributed by atoms with E-state index in [-0.39, 0.29) is 17.8 Å². The van der Waals surface area contributed by atoms with Crippen molar-refractivity contribution in [2.24, 2.45) is 7.05 Å². The normalized spacial score (nSPS) is 13.3. The van der Waals surface area contributed by atoms with Gasteiger partial charge in [-0.1, -0.05) is 0 Å². The first kappa shape index (κ1) is 28.0. The van der Waals surface area contributed by atoms with Crippen LogP contribution in [-0.4, -0.2) is 53.6 Å². The second-order valence-electron chi connectivity index (χ2n) is 11.3. The zero-order chi connectivity index (χ0) is 29.5. The van der Waals surface area contributed by atoms with Crippen LogP contribution in [0.25, 0.3) is 33.9 Å². The third kappa shape index (κ3) is 6.13. The van der Waals surface area contributed by atoms with E-state index in [1.807, 2.05) is 45.4 Å². The number of hydrogen-bond acceptors (Lipinski definition) is 7. The zero-order valence-corrected chi connectivity index (χ0v) is 24.0. The molecule has 0 spiro atoms. The topological polar surface area (TPSA) is 104 Å². The molecule has 0 bridgehead atoms. The first-order valence-electron chi connectivity index (χ1n) is 13.4. The van der Waals surface area contributed by atoms with Crippen LogP contribution >= 0.6 is 0 Å². The Morgan fingerprint density at radius 1 is 1.07 bits per heavy atom. The standard InChI is InChI=1S/C30H33FN6O4/c1-18(2)40-25-13-20(31)8-9-22(25)23-15-32-28(19-7-10-26(38)35(6)16-19)33-27(23)24-14-21-17-36(11-12-37(21)34-24)29(39)41-30(3,4)5/h7-10,13-16,18H,11-12,17H2,1-6H3. The molecule has 4 aromatic rings. The molecule has 1 amide bonds. The van der Waals surface area contributed by atoms with Crippen LogP contribution in [0.15, 0.2) is 53.6 Å². The summed E-state index contributed by atoms with van der Waals surface area (Å²) in [6, 6.07) is 9.37. The minimum Gasteiger partial charge on any atom is -0.490 e.